The van der Waals surface area contributed by atoms with E-state index in [1.807, 2.05) is 0 Å². The van der Waals surface area contributed by atoms with Gasteiger partial charge in [-0.1, -0.05) is 23.7 Å². The molecule has 0 radical (unpaired) electrons. The van der Waals surface area contributed by atoms with Gasteiger partial charge >= 0.3 is 5.97 Å². The Balaban J connectivity index is 1.77. The highest BCUT2D eigenvalue weighted by Crippen LogP contribution is 2.31. The molecule has 2 aromatic rings. The van der Waals surface area contributed by atoms with E-state index < -0.39 is 24.5 Å². The molecule has 7 nitrogen and oxygen atoms in total. The normalized spacial score (nSPS) is 16.1. The van der Waals surface area contributed by atoms with Crippen LogP contribution in [0, 0.1) is 0 Å². The second kappa shape index (κ2) is 7.67. The third-order valence-electron chi connectivity index (χ3n) is 4.13. The Morgan fingerprint density at radius 1 is 1.30 bits per heavy atom. The SMILES string of the molecule is C[C@@H]1CC(=O)Nc2ccccc2N1C(=O)COC(=O)c1ccc(Cl)cc1O. The number of para-hydroxylation sites is 2. The Morgan fingerprint density at radius 3 is 2.78 bits per heavy atom. The van der Waals surface area contributed by atoms with Crippen LogP contribution in [0.2, 0.25) is 5.02 Å². The number of benzene rings is 2. The molecule has 2 aromatic carbocycles. The first-order chi connectivity index (χ1) is 12.9. The Kier molecular flexibility index (Phi) is 5.32. The summed E-state index contributed by atoms with van der Waals surface area (Å²) in [5, 5.41) is 12.8. The van der Waals surface area contributed by atoms with Gasteiger partial charge in [-0.2, -0.15) is 0 Å². The number of esters is 1. The molecule has 1 heterocycles. The maximum absolute atomic E-state index is 12.7. The molecule has 2 amide bonds. The monoisotopic (exact) mass is 388 g/mol. The molecule has 0 aromatic heterocycles. The number of carbonyl (C=O) groups excluding carboxylic acids is 3. The molecule has 1 aliphatic rings. The van der Waals surface area contributed by atoms with Gasteiger partial charge in [0, 0.05) is 17.5 Å². The fraction of sp³-hybridized carbons (Fsp3) is 0.211. The lowest BCUT2D eigenvalue weighted by Gasteiger charge is -2.27. The first-order valence-electron chi connectivity index (χ1n) is 8.23. The summed E-state index contributed by atoms with van der Waals surface area (Å²) in [6.07, 6.45) is 0.117. The summed E-state index contributed by atoms with van der Waals surface area (Å²) >= 11 is 5.74. The molecule has 1 atom stereocenters. The Morgan fingerprint density at radius 2 is 2.04 bits per heavy atom. The topological polar surface area (TPSA) is 95.9 Å². The fourth-order valence-corrected chi connectivity index (χ4v) is 3.09. The molecule has 2 N–H and O–H groups in total. The van der Waals surface area contributed by atoms with Gasteiger partial charge in [0.05, 0.1) is 11.4 Å². The summed E-state index contributed by atoms with van der Waals surface area (Å²) in [5.41, 5.74) is 0.960. The van der Waals surface area contributed by atoms with Crippen molar-refractivity contribution in [3.8, 4) is 5.75 Å². The first-order valence-corrected chi connectivity index (χ1v) is 8.61. The number of nitrogens with one attached hydrogen (secondary N) is 1. The Bertz CT molecular complexity index is 915. The number of amides is 2. The van der Waals surface area contributed by atoms with Crippen LogP contribution in [0.5, 0.6) is 5.75 Å². The minimum Gasteiger partial charge on any atom is -0.507 e. The van der Waals surface area contributed by atoms with Gasteiger partial charge in [0.2, 0.25) is 5.91 Å². The van der Waals surface area contributed by atoms with Crippen LogP contribution in [0.25, 0.3) is 0 Å². The van der Waals surface area contributed by atoms with Crippen LogP contribution in [-0.2, 0) is 14.3 Å². The van der Waals surface area contributed by atoms with Crippen molar-refractivity contribution in [2.45, 2.75) is 19.4 Å². The number of phenols is 1. The molecule has 1 aliphatic heterocycles. The zero-order valence-corrected chi connectivity index (χ0v) is 15.2. The molecule has 0 aliphatic carbocycles. The predicted molar refractivity (Wildman–Crippen MR) is 100 cm³/mol. The lowest BCUT2D eigenvalue weighted by molar-refractivity contribution is -0.122. The van der Waals surface area contributed by atoms with E-state index in [0.29, 0.717) is 11.4 Å². The number of halogens is 1. The van der Waals surface area contributed by atoms with E-state index >= 15 is 0 Å². The summed E-state index contributed by atoms with van der Waals surface area (Å²) < 4.78 is 5.06. The maximum atomic E-state index is 12.7. The van der Waals surface area contributed by atoms with Crippen LogP contribution in [0.1, 0.15) is 23.7 Å². The van der Waals surface area contributed by atoms with Crippen molar-refractivity contribution in [3.63, 3.8) is 0 Å². The van der Waals surface area contributed by atoms with Gasteiger partial charge in [-0.25, -0.2) is 4.79 Å². The van der Waals surface area contributed by atoms with E-state index in [1.54, 1.807) is 31.2 Å². The van der Waals surface area contributed by atoms with Gasteiger partial charge in [-0.3, -0.25) is 9.59 Å². The molecule has 0 fully saturated rings. The fourth-order valence-electron chi connectivity index (χ4n) is 2.92. The third kappa shape index (κ3) is 4.03. The summed E-state index contributed by atoms with van der Waals surface area (Å²) in [5.74, 6) is -1.85. The Labute approximate surface area is 160 Å². The molecular weight excluding hydrogens is 372 g/mol. The molecule has 0 spiro atoms. The quantitative estimate of drug-likeness (QED) is 0.788. The smallest absolute Gasteiger partial charge is 0.342 e. The number of nitrogens with zero attached hydrogens (tertiary/aromatic N) is 1. The van der Waals surface area contributed by atoms with Gasteiger partial charge in [0.15, 0.2) is 6.61 Å². The highest BCUT2D eigenvalue weighted by Gasteiger charge is 2.30. The van der Waals surface area contributed by atoms with E-state index in [4.69, 9.17) is 16.3 Å². The van der Waals surface area contributed by atoms with Gasteiger partial charge < -0.3 is 20.1 Å². The minimum absolute atomic E-state index is 0.0895. The lowest BCUT2D eigenvalue weighted by atomic mass is 10.1. The summed E-state index contributed by atoms with van der Waals surface area (Å²) in [6.45, 7) is 1.21. The van der Waals surface area contributed by atoms with Crippen molar-refractivity contribution in [1.29, 1.82) is 0 Å². The van der Waals surface area contributed by atoms with Gasteiger partial charge in [0.1, 0.15) is 11.3 Å². The average Bonchev–Trinajstić information content (AvgIpc) is 2.73. The second-order valence-electron chi connectivity index (χ2n) is 6.12. The number of fused-ring (bicyclic) bond motifs is 1. The number of rotatable bonds is 3. The number of ether oxygens (including phenoxy) is 1. The number of hydrogen-bond acceptors (Lipinski definition) is 5. The van der Waals surface area contributed by atoms with Crippen molar-refractivity contribution in [2.75, 3.05) is 16.8 Å². The van der Waals surface area contributed by atoms with E-state index in [-0.39, 0.29) is 28.7 Å². The minimum atomic E-state index is -0.845. The van der Waals surface area contributed by atoms with E-state index in [0.717, 1.165) is 0 Å². The number of anilines is 2. The van der Waals surface area contributed by atoms with Crippen LogP contribution in [-0.4, -0.2) is 35.5 Å². The lowest BCUT2D eigenvalue weighted by Crippen LogP contribution is -2.41. The van der Waals surface area contributed by atoms with Crippen molar-refractivity contribution < 1.29 is 24.2 Å². The molecule has 3 rings (SSSR count). The molecule has 0 saturated heterocycles. The van der Waals surface area contributed by atoms with Gasteiger partial charge in [0.25, 0.3) is 5.91 Å². The molecule has 8 heteroatoms. The maximum Gasteiger partial charge on any atom is 0.342 e. The van der Waals surface area contributed by atoms with Crippen molar-refractivity contribution in [2.24, 2.45) is 0 Å². The van der Waals surface area contributed by atoms with Gasteiger partial charge in [-0.15, -0.1) is 0 Å². The van der Waals surface area contributed by atoms with Crippen molar-refractivity contribution in [3.05, 3.63) is 53.1 Å². The van der Waals surface area contributed by atoms with E-state index in [1.165, 1.54) is 23.1 Å². The number of hydrogen-bond donors (Lipinski definition) is 2. The predicted octanol–water partition coefficient (Wildman–Crippen LogP) is 2.97. The first kappa shape index (κ1) is 18.7. The molecule has 140 valence electrons. The number of aromatic hydroxyl groups is 1. The van der Waals surface area contributed by atoms with E-state index in [9.17, 15) is 19.5 Å². The Hall–Kier alpha value is -3.06. The standard InChI is InChI=1S/C19H17ClN2O5/c1-11-8-17(24)21-14-4-2-3-5-15(14)22(11)18(25)10-27-19(26)13-7-6-12(20)9-16(13)23/h2-7,9,11,23H,8,10H2,1H3,(H,21,24)/t11-/m1/s1. The zero-order chi connectivity index (χ0) is 19.6. The van der Waals surface area contributed by atoms with Crippen molar-refractivity contribution >= 4 is 40.8 Å². The molecule has 27 heavy (non-hydrogen) atoms. The zero-order valence-electron chi connectivity index (χ0n) is 14.4. The number of phenolic OH excluding ortho intramolecular Hbond substituents is 1. The molecular formula is C19H17ClN2O5. The summed E-state index contributed by atoms with van der Waals surface area (Å²) in [6, 6.07) is 10.5. The van der Waals surface area contributed by atoms with Crippen LogP contribution >= 0.6 is 11.6 Å². The highest BCUT2D eigenvalue weighted by atomic mass is 35.5. The van der Waals surface area contributed by atoms with E-state index in [2.05, 4.69) is 5.32 Å². The van der Waals surface area contributed by atoms with Crippen LogP contribution in [0.15, 0.2) is 42.5 Å². The molecule has 0 bridgehead atoms. The second-order valence-corrected chi connectivity index (χ2v) is 6.56. The molecule has 0 unspecified atom stereocenters. The average molecular weight is 389 g/mol. The van der Waals surface area contributed by atoms with Crippen LogP contribution in [0.4, 0.5) is 11.4 Å². The van der Waals surface area contributed by atoms with Crippen LogP contribution < -0.4 is 10.2 Å². The summed E-state index contributed by atoms with van der Waals surface area (Å²) in [4.78, 5) is 38.3. The third-order valence-corrected chi connectivity index (χ3v) is 4.37. The summed E-state index contributed by atoms with van der Waals surface area (Å²) in [7, 11) is 0. The van der Waals surface area contributed by atoms with Crippen molar-refractivity contribution in [1.82, 2.24) is 0 Å². The van der Waals surface area contributed by atoms with Crippen LogP contribution in [0.3, 0.4) is 0 Å². The number of carbonyl (C=O) groups is 3. The van der Waals surface area contributed by atoms with Gasteiger partial charge in [-0.05, 0) is 37.3 Å². The highest BCUT2D eigenvalue weighted by molar-refractivity contribution is 6.30. The largest absolute Gasteiger partial charge is 0.507 e. The molecule has 0 saturated carbocycles.